The zero-order valence-electron chi connectivity index (χ0n) is 8.20. The van der Waals surface area contributed by atoms with Gasteiger partial charge in [0.05, 0.1) is 5.25 Å². The van der Waals surface area contributed by atoms with Crippen molar-refractivity contribution in [2.75, 3.05) is 12.3 Å². The van der Waals surface area contributed by atoms with E-state index in [0.717, 1.165) is 12.8 Å². The number of rotatable bonds is 4. The number of nitrogens with two attached hydrogens (primary N) is 1. The van der Waals surface area contributed by atoms with Crippen LogP contribution in [0.15, 0.2) is 0 Å². The largest absolute Gasteiger partial charge is 0.329 e. The van der Waals surface area contributed by atoms with Gasteiger partial charge in [-0.2, -0.15) is 0 Å². The fourth-order valence-electron chi connectivity index (χ4n) is 2.18. The van der Waals surface area contributed by atoms with E-state index in [1.165, 1.54) is 12.8 Å². The van der Waals surface area contributed by atoms with Crippen LogP contribution in [0.4, 0.5) is 0 Å². The molecule has 0 saturated heterocycles. The highest BCUT2D eigenvalue weighted by molar-refractivity contribution is 7.92. The lowest BCUT2D eigenvalue weighted by molar-refractivity contribution is 0.487. The Bertz CT molecular complexity index is 242. The summed E-state index contributed by atoms with van der Waals surface area (Å²) < 4.78 is 23.3. The second-order valence-electron chi connectivity index (χ2n) is 3.77. The Hall–Kier alpha value is -0.0900. The average Bonchev–Trinajstić information content (AvgIpc) is 2.58. The van der Waals surface area contributed by atoms with E-state index < -0.39 is 9.84 Å². The zero-order valence-corrected chi connectivity index (χ0v) is 9.02. The minimum absolute atomic E-state index is 0.228. The summed E-state index contributed by atoms with van der Waals surface area (Å²) in [4.78, 5) is 0. The topological polar surface area (TPSA) is 60.2 Å². The van der Waals surface area contributed by atoms with Crippen molar-refractivity contribution in [1.82, 2.24) is 0 Å². The summed E-state index contributed by atoms with van der Waals surface area (Å²) in [6.07, 6.45) is 4.42. The van der Waals surface area contributed by atoms with Gasteiger partial charge in [0.2, 0.25) is 0 Å². The lowest BCUT2D eigenvalue weighted by Gasteiger charge is -2.20. The minimum atomic E-state index is -2.92. The van der Waals surface area contributed by atoms with Crippen molar-refractivity contribution in [3.63, 3.8) is 0 Å². The molecule has 0 bridgehead atoms. The monoisotopic (exact) mass is 205 g/mol. The molecule has 0 spiro atoms. The first kappa shape index (κ1) is 11.0. The molecule has 0 aliphatic heterocycles. The third kappa shape index (κ3) is 2.44. The van der Waals surface area contributed by atoms with E-state index in [9.17, 15) is 8.42 Å². The predicted molar refractivity (Wildman–Crippen MR) is 54.3 cm³/mol. The molecule has 1 saturated carbocycles. The van der Waals surface area contributed by atoms with Crippen molar-refractivity contribution in [2.24, 2.45) is 11.7 Å². The van der Waals surface area contributed by atoms with Gasteiger partial charge in [0.15, 0.2) is 9.84 Å². The van der Waals surface area contributed by atoms with Crippen LogP contribution in [0.5, 0.6) is 0 Å². The average molecular weight is 205 g/mol. The van der Waals surface area contributed by atoms with Gasteiger partial charge in [-0.1, -0.05) is 19.8 Å². The van der Waals surface area contributed by atoms with Crippen molar-refractivity contribution >= 4 is 9.84 Å². The summed E-state index contributed by atoms with van der Waals surface area (Å²) in [5, 5.41) is -0.278. The Labute approximate surface area is 80.6 Å². The fourth-order valence-corrected chi connectivity index (χ4v) is 3.76. The second-order valence-corrected chi connectivity index (χ2v) is 6.28. The van der Waals surface area contributed by atoms with Gasteiger partial charge in [-0.15, -0.1) is 0 Å². The predicted octanol–water partition coefficient (Wildman–Crippen LogP) is 0.939. The number of hydrogen-bond donors (Lipinski definition) is 1. The summed E-state index contributed by atoms with van der Waals surface area (Å²) in [6.45, 7) is 1.99. The van der Waals surface area contributed by atoms with Crippen LogP contribution in [0.25, 0.3) is 0 Å². The maximum absolute atomic E-state index is 11.6. The van der Waals surface area contributed by atoms with Crippen LogP contribution in [-0.4, -0.2) is 26.0 Å². The zero-order chi connectivity index (χ0) is 9.90. The molecular formula is C9H19NO2S. The van der Waals surface area contributed by atoms with E-state index in [1.807, 2.05) is 0 Å². The molecule has 0 radical (unpaired) electrons. The molecule has 0 aromatic rings. The van der Waals surface area contributed by atoms with Crippen LogP contribution in [0.2, 0.25) is 0 Å². The third-order valence-corrected chi connectivity index (χ3v) is 5.33. The van der Waals surface area contributed by atoms with Crippen molar-refractivity contribution in [2.45, 2.75) is 37.9 Å². The Kier molecular flexibility index (Phi) is 3.74. The first-order valence-electron chi connectivity index (χ1n) is 5.03. The first-order valence-corrected chi connectivity index (χ1v) is 6.75. The van der Waals surface area contributed by atoms with E-state index in [0.29, 0.717) is 12.5 Å². The molecule has 4 heteroatoms. The van der Waals surface area contributed by atoms with Crippen LogP contribution >= 0.6 is 0 Å². The van der Waals surface area contributed by atoms with E-state index in [2.05, 4.69) is 0 Å². The highest BCUT2D eigenvalue weighted by Crippen LogP contribution is 2.30. The van der Waals surface area contributed by atoms with Crippen molar-refractivity contribution in [3.8, 4) is 0 Å². The van der Waals surface area contributed by atoms with Gasteiger partial charge >= 0.3 is 0 Å². The molecule has 1 atom stereocenters. The lowest BCUT2D eigenvalue weighted by atomic mass is 10.0. The molecule has 1 fully saturated rings. The Morgan fingerprint density at radius 3 is 2.31 bits per heavy atom. The first-order chi connectivity index (χ1) is 6.11. The summed E-state index contributed by atoms with van der Waals surface area (Å²) in [7, 11) is -2.92. The molecule has 1 aliphatic carbocycles. The van der Waals surface area contributed by atoms with Gasteiger partial charge < -0.3 is 5.73 Å². The quantitative estimate of drug-likeness (QED) is 0.743. The summed E-state index contributed by atoms with van der Waals surface area (Å²) in [5.41, 5.74) is 5.54. The molecule has 3 nitrogen and oxygen atoms in total. The molecule has 0 aromatic heterocycles. The van der Waals surface area contributed by atoms with Crippen molar-refractivity contribution in [1.29, 1.82) is 0 Å². The van der Waals surface area contributed by atoms with E-state index >= 15 is 0 Å². The second kappa shape index (κ2) is 4.42. The minimum Gasteiger partial charge on any atom is -0.329 e. The number of hydrogen-bond acceptors (Lipinski definition) is 3. The Morgan fingerprint density at radius 1 is 1.38 bits per heavy atom. The Balaban J connectivity index is 2.71. The van der Waals surface area contributed by atoms with Gasteiger partial charge in [0.1, 0.15) is 0 Å². The lowest BCUT2D eigenvalue weighted by Crippen LogP contribution is -2.36. The van der Waals surface area contributed by atoms with Gasteiger partial charge in [0.25, 0.3) is 0 Å². The maximum atomic E-state index is 11.6. The summed E-state index contributed by atoms with van der Waals surface area (Å²) in [6, 6.07) is 0. The molecule has 13 heavy (non-hydrogen) atoms. The maximum Gasteiger partial charge on any atom is 0.154 e. The van der Waals surface area contributed by atoms with Crippen LogP contribution < -0.4 is 5.73 Å². The van der Waals surface area contributed by atoms with E-state index in [4.69, 9.17) is 5.73 Å². The van der Waals surface area contributed by atoms with Crippen LogP contribution in [-0.2, 0) is 9.84 Å². The number of sulfone groups is 1. The van der Waals surface area contributed by atoms with Crippen LogP contribution in [0.1, 0.15) is 32.6 Å². The molecule has 0 heterocycles. The SMILES string of the molecule is CCS(=O)(=O)C(CN)C1CCCC1. The standard InChI is InChI=1S/C9H19NO2S/c1-2-13(11,12)9(7-10)8-5-3-4-6-8/h8-9H,2-7,10H2,1H3. The van der Waals surface area contributed by atoms with Gasteiger partial charge in [-0.25, -0.2) is 8.42 Å². The van der Waals surface area contributed by atoms with Crippen molar-refractivity contribution < 1.29 is 8.42 Å². The smallest absolute Gasteiger partial charge is 0.154 e. The van der Waals surface area contributed by atoms with E-state index in [1.54, 1.807) is 6.92 Å². The fraction of sp³-hybridized carbons (Fsp3) is 1.00. The normalized spacial score (nSPS) is 22.0. The molecule has 0 amide bonds. The molecule has 1 unspecified atom stereocenters. The highest BCUT2D eigenvalue weighted by Gasteiger charge is 2.32. The van der Waals surface area contributed by atoms with E-state index in [-0.39, 0.29) is 11.0 Å². The molecule has 1 aliphatic rings. The van der Waals surface area contributed by atoms with Gasteiger partial charge in [-0.3, -0.25) is 0 Å². The van der Waals surface area contributed by atoms with Crippen LogP contribution in [0.3, 0.4) is 0 Å². The highest BCUT2D eigenvalue weighted by atomic mass is 32.2. The molecular weight excluding hydrogens is 186 g/mol. The molecule has 1 rings (SSSR count). The van der Waals surface area contributed by atoms with Crippen LogP contribution in [0, 0.1) is 5.92 Å². The summed E-state index contributed by atoms with van der Waals surface area (Å²) in [5.74, 6) is 0.556. The third-order valence-electron chi connectivity index (χ3n) is 3.02. The van der Waals surface area contributed by atoms with Gasteiger partial charge in [-0.05, 0) is 18.8 Å². The van der Waals surface area contributed by atoms with Crippen molar-refractivity contribution in [3.05, 3.63) is 0 Å². The molecule has 78 valence electrons. The summed E-state index contributed by atoms with van der Waals surface area (Å²) >= 11 is 0. The Morgan fingerprint density at radius 2 is 1.92 bits per heavy atom. The molecule has 2 N–H and O–H groups in total. The van der Waals surface area contributed by atoms with Gasteiger partial charge in [0, 0.05) is 12.3 Å². The molecule has 0 aromatic carbocycles.